The van der Waals surface area contributed by atoms with Crippen LogP contribution >= 0.6 is 11.3 Å². The van der Waals surface area contributed by atoms with Crippen molar-refractivity contribution in [2.45, 2.75) is 13.8 Å². The third-order valence-electron chi connectivity index (χ3n) is 2.56. The maximum Gasteiger partial charge on any atom is 0.183 e. The fourth-order valence-corrected chi connectivity index (χ4v) is 2.46. The molecule has 3 heteroatoms. The Morgan fingerprint density at radius 3 is 2.94 bits per heavy atom. The zero-order chi connectivity index (χ0) is 12.3. The van der Waals surface area contributed by atoms with Crippen molar-refractivity contribution in [2.75, 3.05) is 11.9 Å². The van der Waals surface area contributed by atoms with E-state index in [9.17, 15) is 0 Å². The Bertz CT molecular complexity index is 529. The molecule has 1 aromatic heterocycles. The lowest BCUT2D eigenvalue weighted by atomic mass is 10.0. The molecule has 0 aliphatic rings. The zero-order valence-corrected chi connectivity index (χ0v) is 11.0. The molecule has 17 heavy (non-hydrogen) atoms. The summed E-state index contributed by atoms with van der Waals surface area (Å²) in [6, 6.07) is 6.45. The van der Waals surface area contributed by atoms with Crippen LogP contribution in [0.25, 0.3) is 11.3 Å². The molecule has 1 aromatic carbocycles. The van der Waals surface area contributed by atoms with Gasteiger partial charge in [0.05, 0.1) is 5.69 Å². The van der Waals surface area contributed by atoms with Crippen molar-refractivity contribution in [2.24, 2.45) is 0 Å². The van der Waals surface area contributed by atoms with Gasteiger partial charge in [-0.3, -0.25) is 0 Å². The van der Waals surface area contributed by atoms with Gasteiger partial charge in [-0.05, 0) is 19.4 Å². The van der Waals surface area contributed by atoms with Crippen LogP contribution in [0, 0.1) is 13.8 Å². The first-order valence-corrected chi connectivity index (χ1v) is 6.46. The second-order valence-electron chi connectivity index (χ2n) is 4.03. The Kier molecular flexibility index (Phi) is 3.59. The van der Waals surface area contributed by atoms with E-state index in [1.807, 2.05) is 6.08 Å². The molecule has 2 aromatic rings. The molecule has 0 unspecified atom stereocenters. The van der Waals surface area contributed by atoms with Gasteiger partial charge in [0, 0.05) is 17.5 Å². The van der Waals surface area contributed by atoms with Crippen LogP contribution in [0.15, 0.2) is 36.2 Å². The SMILES string of the molecule is C=CCNc1nc(-c2ccc(C)cc2C)cs1. The number of nitrogens with one attached hydrogen (secondary N) is 1. The monoisotopic (exact) mass is 244 g/mol. The third-order valence-corrected chi connectivity index (χ3v) is 3.36. The highest BCUT2D eigenvalue weighted by Gasteiger charge is 2.06. The lowest BCUT2D eigenvalue weighted by Gasteiger charge is -2.03. The quantitative estimate of drug-likeness (QED) is 0.821. The Morgan fingerprint density at radius 2 is 2.24 bits per heavy atom. The van der Waals surface area contributed by atoms with Crippen molar-refractivity contribution >= 4 is 16.5 Å². The molecule has 1 heterocycles. The Hall–Kier alpha value is -1.61. The molecular weight excluding hydrogens is 228 g/mol. The molecule has 0 saturated carbocycles. The Morgan fingerprint density at radius 1 is 1.41 bits per heavy atom. The van der Waals surface area contributed by atoms with Crippen molar-refractivity contribution in [1.29, 1.82) is 0 Å². The minimum Gasteiger partial charge on any atom is -0.358 e. The third kappa shape index (κ3) is 2.74. The summed E-state index contributed by atoms with van der Waals surface area (Å²) >= 11 is 1.63. The first-order valence-electron chi connectivity index (χ1n) is 5.58. The molecule has 0 saturated heterocycles. The highest BCUT2D eigenvalue weighted by Crippen LogP contribution is 2.27. The van der Waals surface area contributed by atoms with E-state index in [1.54, 1.807) is 11.3 Å². The van der Waals surface area contributed by atoms with Crippen LogP contribution in [0.4, 0.5) is 5.13 Å². The van der Waals surface area contributed by atoms with Gasteiger partial charge in [0.2, 0.25) is 0 Å². The molecule has 2 nitrogen and oxygen atoms in total. The zero-order valence-electron chi connectivity index (χ0n) is 10.2. The molecule has 0 radical (unpaired) electrons. The maximum atomic E-state index is 4.57. The number of aryl methyl sites for hydroxylation is 2. The Balaban J connectivity index is 2.27. The van der Waals surface area contributed by atoms with E-state index in [2.05, 4.69) is 54.3 Å². The van der Waals surface area contributed by atoms with Gasteiger partial charge < -0.3 is 5.32 Å². The number of aromatic nitrogens is 1. The summed E-state index contributed by atoms with van der Waals surface area (Å²) in [6.07, 6.45) is 1.83. The maximum absolute atomic E-state index is 4.57. The van der Waals surface area contributed by atoms with Gasteiger partial charge in [-0.15, -0.1) is 17.9 Å². The first-order chi connectivity index (χ1) is 8.20. The van der Waals surface area contributed by atoms with Crippen LogP contribution in [0.1, 0.15) is 11.1 Å². The van der Waals surface area contributed by atoms with Gasteiger partial charge >= 0.3 is 0 Å². The van der Waals surface area contributed by atoms with E-state index in [4.69, 9.17) is 0 Å². The van der Waals surface area contributed by atoms with Crippen molar-refractivity contribution in [1.82, 2.24) is 4.98 Å². The normalized spacial score (nSPS) is 10.2. The predicted molar refractivity (Wildman–Crippen MR) is 75.7 cm³/mol. The van der Waals surface area contributed by atoms with E-state index >= 15 is 0 Å². The van der Waals surface area contributed by atoms with Gasteiger partial charge in [0.25, 0.3) is 0 Å². The highest BCUT2D eigenvalue weighted by molar-refractivity contribution is 7.14. The lowest BCUT2D eigenvalue weighted by molar-refractivity contribution is 1.28. The van der Waals surface area contributed by atoms with Gasteiger partial charge in [0.15, 0.2) is 5.13 Å². The van der Waals surface area contributed by atoms with Gasteiger partial charge in [0.1, 0.15) is 0 Å². The fraction of sp³-hybridized carbons (Fsp3) is 0.214. The molecule has 0 aliphatic carbocycles. The van der Waals surface area contributed by atoms with Gasteiger partial charge in [-0.25, -0.2) is 4.98 Å². The number of hydrogen-bond acceptors (Lipinski definition) is 3. The molecule has 0 aliphatic heterocycles. The molecule has 0 bridgehead atoms. The number of nitrogens with zero attached hydrogens (tertiary/aromatic N) is 1. The second-order valence-corrected chi connectivity index (χ2v) is 4.88. The predicted octanol–water partition coefficient (Wildman–Crippen LogP) is 4.02. The van der Waals surface area contributed by atoms with Gasteiger partial charge in [-0.1, -0.05) is 29.8 Å². The molecule has 1 N–H and O–H groups in total. The molecule has 0 fully saturated rings. The van der Waals surface area contributed by atoms with E-state index in [1.165, 1.54) is 16.7 Å². The smallest absolute Gasteiger partial charge is 0.183 e. The average molecular weight is 244 g/mol. The van der Waals surface area contributed by atoms with Crippen molar-refractivity contribution in [3.05, 3.63) is 47.4 Å². The van der Waals surface area contributed by atoms with Gasteiger partial charge in [-0.2, -0.15) is 0 Å². The lowest BCUT2D eigenvalue weighted by Crippen LogP contribution is -1.96. The standard InChI is InChI=1S/C14H16N2S/c1-4-7-15-14-16-13(9-17-14)12-6-5-10(2)8-11(12)3/h4-6,8-9H,1,7H2,2-3H3,(H,15,16). The minimum absolute atomic E-state index is 0.750. The molecule has 0 amide bonds. The van der Waals surface area contributed by atoms with Crippen molar-refractivity contribution in [3.63, 3.8) is 0 Å². The van der Waals surface area contributed by atoms with Crippen LogP contribution in [-0.2, 0) is 0 Å². The first kappa shape index (κ1) is 11.9. The molecule has 0 atom stereocenters. The molecular formula is C14H16N2S. The number of anilines is 1. The number of benzene rings is 1. The summed E-state index contributed by atoms with van der Waals surface area (Å²) in [6.45, 7) is 8.66. The average Bonchev–Trinajstić information content (AvgIpc) is 2.75. The van der Waals surface area contributed by atoms with E-state index < -0.39 is 0 Å². The summed E-state index contributed by atoms with van der Waals surface area (Å²) in [5.41, 5.74) is 4.80. The summed E-state index contributed by atoms with van der Waals surface area (Å²) in [4.78, 5) is 4.57. The van der Waals surface area contributed by atoms with E-state index in [0.717, 1.165) is 17.4 Å². The fourth-order valence-electron chi connectivity index (χ4n) is 1.74. The van der Waals surface area contributed by atoms with Crippen LogP contribution < -0.4 is 5.32 Å². The van der Waals surface area contributed by atoms with E-state index in [-0.39, 0.29) is 0 Å². The van der Waals surface area contributed by atoms with Crippen LogP contribution in [-0.4, -0.2) is 11.5 Å². The van der Waals surface area contributed by atoms with Crippen LogP contribution in [0.5, 0.6) is 0 Å². The van der Waals surface area contributed by atoms with Crippen molar-refractivity contribution in [3.8, 4) is 11.3 Å². The summed E-state index contributed by atoms with van der Waals surface area (Å²) < 4.78 is 0. The van der Waals surface area contributed by atoms with Crippen LogP contribution in [0.3, 0.4) is 0 Å². The Labute approximate surface area is 106 Å². The molecule has 2 rings (SSSR count). The van der Waals surface area contributed by atoms with Crippen molar-refractivity contribution < 1.29 is 0 Å². The largest absolute Gasteiger partial charge is 0.358 e. The summed E-state index contributed by atoms with van der Waals surface area (Å²) in [7, 11) is 0. The second kappa shape index (κ2) is 5.15. The minimum atomic E-state index is 0.750. The highest BCUT2D eigenvalue weighted by atomic mass is 32.1. The molecule has 88 valence electrons. The number of hydrogen-bond donors (Lipinski definition) is 1. The number of thiazole rings is 1. The summed E-state index contributed by atoms with van der Waals surface area (Å²) in [5, 5.41) is 6.24. The molecule has 0 spiro atoms. The van der Waals surface area contributed by atoms with E-state index in [0.29, 0.717) is 0 Å². The summed E-state index contributed by atoms with van der Waals surface area (Å²) in [5.74, 6) is 0. The number of rotatable bonds is 4. The topological polar surface area (TPSA) is 24.9 Å². The van der Waals surface area contributed by atoms with Crippen LogP contribution in [0.2, 0.25) is 0 Å².